The molecule has 0 saturated heterocycles. The zero-order valence-electron chi connectivity index (χ0n) is 10.2. The summed E-state index contributed by atoms with van der Waals surface area (Å²) in [7, 11) is 0. The summed E-state index contributed by atoms with van der Waals surface area (Å²) in [5.74, 6) is -2.94. The van der Waals surface area contributed by atoms with Crippen molar-refractivity contribution in [3.05, 3.63) is 52.2 Å². The summed E-state index contributed by atoms with van der Waals surface area (Å²) >= 11 is 1.34. The van der Waals surface area contributed by atoms with Crippen LogP contribution in [0.15, 0.2) is 41.1 Å². The van der Waals surface area contributed by atoms with Crippen LogP contribution in [0.4, 0.5) is 0 Å². The molecule has 98 valence electrons. The zero-order valence-corrected chi connectivity index (χ0v) is 11.0. The van der Waals surface area contributed by atoms with Crippen molar-refractivity contribution in [3.8, 4) is 5.75 Å². The summed E-state index contributed by atoms with van der Waals surface area (Å²) in [4.78, 5) is 23.1. The van der Waals surface area contributed by atoms with Crippen molar-refractivity contribution < 1.29 is 19.4 Å². The molecule has 0 aliphatic rings. The fourth-order valence-electron chi connectivity index (χ4n) is 1.60. The predicted molar refractivity (Wildman–Crippen MR) is 71.5 cm³/mol. The molecule has 2 aromatic rings. The minimum atomic E-state index is -1.28. The maximum Gasteiger partial charge on any atom is 0.330 e. The predicted octanol–water partition coefficient (Wildman–Crippen LogP) is 2.83. The molecule has 0 bridgehead atoms. The number of ether oxygens (including phenoxy) is 1. The molecule has 0 spiro atoms. The number of benzene rings is 1. The molecule has 0 aliphatic heterocycles. The van der Waals surface area contributed by atoms with E-state index in [-0.39, 0.29) is 0 Å². The number of thiophene rings is 1. The number of hydrogen-bond acceptors (Lipinski definition) is 4. The summed E-state index contributed by atoms with van der Waals surface area (Å²) in [5, 5.41) is 12.5. The van der Waals surface area contributed by atoms with Gasteiger partial charge in [0.15, 0.2) is 5.92 Å². The molecule has 1 atom stereocenters. The molecule has 4 nitrogen and oxygen atoms in total. The molecular formula is C14H12O4S. The molecule has 0 radical (unpaired) electrons. The SMILES string of the molecule is Cc1ccc(OC(=O)C(C(=O)O)c2ccsc2)cc1. The smallest absolute Gasteiger partial charge is 0.330 e. The number of esters is 1. The number of hydrogen-bond donors (Lipinski definition) is 1. The molecule has 0 fully saturated rings. The third-order valence-corrected chi connectivity index (χ3v) is 3.30. The Labute approximate surface area is 114 Å². The van der Waals surface area contributed by atoms with Crippen molar-refractivity contribution in [2.24, 2.45) is 0 Å². The molecule has 1 unspecified atom stereocenters. The van der Waals surface area contributed by atoms with Crippen LogP contribution in [0.2, 0.25) is 0 Å². The minimum absolute atomic E-state index is 0.345. The maximum absolute atomic E-state index is 11.9. The van der Waals surface area contributed by atoms with E-state index in [0.29, 0.717) is 11.3 Å². The van der Waals surface area contributed by atoms with Crippen LogP contribution in [-0.2, 0) is 9.59 Å². The van der Waals surface area contributed by atoms with E-state index in [2.05, 4.69) is 0 Å². The monoisotopic (exact) mass is 276 g/mol. The van der Waals surface area contributed by atoms with Crippen LogP contribution in [-0.4, -0.2) is 17.0 Å². The molecule has 1 N–H and O–H groups in total. The first-order valence-electron chi connectivity index (χ1n) is 5.61. The van der Waals surface area contributed by atoms with Gasteiger partial charge in [-0.3, -0.25) is 9.59 Å². The Morgan fingerprint density at radius 3 is 2.42 bits per heavy atom. The Morgan fingerprint density at radius 2 is 1.89 bits per heavy atom. The minimum Gasteiger partial charge on any atom is -0.480 e. The van der Waals surface area contributed by atoms with Crippen molar-refractivity contribution in [2.75, 3.05) is 0 Å². The second-order valence-corrected chi connectivity index (χ2v) is 4.84. The lowest BCUT2D eigenvalue weighted by atomic mass is 10.0. The molecule has 0 saturated carbocycles. The van der Waals surface area contributed by atoms with Gasteiger partial charge in [-0.1, -0.05) is 17.7 Å². The molecule has 19 heavy (non-hydrogen) atoms. The van der Waals surface area contributed by atoms with Crippen LogP contribution in [0.25, 0.3) is 0 Å². The lowest BCUT2D eigenvalue weighted by molar-refractivity contribution is -0.148. The number of aryl methyl sites for hydroxylation is 1. The highest BCUT2D eigenvalue weighted by Gasteiger charge is 2.30. The van der Waals surface area contributed by atoms with E-state index < -0.39 is 17.9 Å². The van der Waals surface area contributed by atoms with Crippen LogP contribution in [0.5, 0.6) is 5.75 Å². The van der Waals surface area contributed by atoms with Gasteiger partial charge in [0.2, 0.25) is 0 Å². The van der Waals surface area contributed by atoms with Crippen molar-refractivity contribution >= 4 is 23.3 Å². The van der Waals surface area contributed by atoms with E-state index in [1.165, 1.54) is 11.3 Å². The first kappa shape index (κ1) is 13.3. The van der Waals surface area contributed by atoms with Crippen LogP contribution in [0, 0.1) is 6.92 Å². The molecular weight excluding hydrogens is 264 g/mol. The third-order valence-electron chi connectivity index (χ3n) is 2.60. The van der Waals surface area contributed by atoms with Gasteiger partial charge >= 0.3 is 11.9 Å². The second-order valence-electron chi connectivity index (χ2n) is 4.06. The van der Waals surface area contributed by atoms with E-state index in [0.717, 1.165) is 5.56 Å². The first-order chi connectivity index (χ1) is 9.08. The fourth-order valence-corrected chi connectivity index (χ4v) is 2.29. The van der Waals surface area contributed by atoms with Gasteiger partial charge in [-0.25, -0.2) is 0 Å². The van der Waals surface area contributed by atoms with Gasteiger partial charge in [-0.2, -0.15) is 11.3 Å². The zero-order chi connectivity index (χ0) is 13.8. The van der Waals surface area contributed by atoms with E-state index in [4.69, 9.17) is 9.84 Å². The van der Waals surface area contributed by atoms with E-state index in [1.54, 1.807) is 41.1 Å². The number of carbonyl (C=O) groups excluding carboxylic acids is 1. The summed E-state index contributed by atoms with van der Waals surface area (Å²) in [6.45, 7) is 1.91. The Hall–Kier alpha value is -2.14. The molecule has 0 aliphatic carbocycles. The number of carboxylic acids is 1. The highest BCUT2D eigenvalue weighted by molar-refractivity contribution is 7.08. The van der Waals surface area contributed by atoms with Gasteiger partial charge < -0.3 is 9.84 Å². The highest BCUT2D eigenvalue weighted by Crippen LogP contribution is 2.22. The average Bonchev–Trinajstić information content (AvgIpc) is 2.85. The van der Waals surface area contributed by atoms with Gasteiger partial charge in [-0.15, -0.1) is 0 Å². The van der Waals surface area contributed by atoms with Crippen molar-refractivity contribution in [1.82, 2.24) is 0 Å². The van der Waals surface area contributed by atoms with Crippen molar-refractivity contribution in [3.63, 3.8) is 0 Å². The van der Waals surface area contributed by atoms with Crippen molar-refractivity contribution in [2.45, 2.75) is 12.8 Å². The Kier molecular flexibility index (Phi) is 3.97. The lowest BCUT2D eigenvalue weighted by Gasteiger charge is -2.10. The topological polar surface area (TPSA) is 63.6 Å². The van der Waals surface area contributed by atoms with Gasteiger partial charge in [0.25, 0.3) is 0 Å². The average molecular weight is 276 g/mol. The quantitative estimate of drug-likeness (QED) is 0.530. The molecule has 1 aromatic heterocycles. The Balaban J connectivity index is 2.17. The van der Waals surface area contributed by atoms with Gasteiger partial charge in [0, 0.05) is 0 Å². The molecule has 1 aromatic carbocycles. The second kappa shape index (κ2) is 5.67. The Bertz CT molecular complexity index is 572. The molecule has 5 heteroatoms. The number of carboxylic acid groups (broad SMARTS) is 1. The van der Waals surface area contributed by atoms with Crippen molar-refractivity contribution in [1.29, 1.82) is 0 Å². The van der Waals surface area contributed by atoms with Gasteiger partial charge in [0.05, 0.1) is 0 Å². The van der Waals surface area contributed by atoms with Crippen LogP contribution in [0.1, 0.15) is 17.0 Å². The van der Waals surface area contributed by atoms with Crippen LogP contribution in [0.3, 0.4) is 0 Å². The highest BCUT2D eigenvalue weighted by atomic mass is 32.1. The number of rotatable bonds is 4. The normalized spacial score (nSPS) is 11.8. The lowest BCUT2D eigenvalue weighted by Crippen LogP contribution is -2.25. The maximum atomic E-state index is 11.9. The van der Waals surface area contributed by atoms with Crippen LogP contribution < -0.4 is 4.74 Å². The van der Waals surface area contributed by atoms with Gasteiger partial charge in [-0.05, 0) is 41.4 Å². The largest absolute Gasteiger partial charge is 0.480 e. The van der Waals surface area contributed by atoms with Gasteiger partial charge in [0.1, 0.15) is 5.75 Å². The Morgan fingerprint density at radius 1 is 1.21 bits per heavy atom. The van der Waals surface area contributed by atoms with E-state index >= 15 is 0 Å². The fraction of sp³-hybridized carbons (Fsp3) is 0.143. The summed E-state index contributed by atoms with van der Waals surface area (Å²) in [6.07, 6.45) is 0. The standard InChI is InChI=1S/C14H12O4S/c1-9-2-4-11(5-3-9)18-14(17)12(13(15)16)10-6-7-19-8-10/h2-8,12H,1H3,(H,15,16). The van der Waals surface area contributed by atoms with E-state index in [9.17, 15) is 9.59 Å². The summed E-state index contributed by atoms with van der Waals surface area (Å²) < 4.78 is 5.10. The number of carbonyl (C=O) groups is 2. The number of aliphatic carboxylic acids is 1. The van der Waals surface area contributed by atoms with E-state index in [1.807, 2.05) is 6.92 Å². The summed E-state index contributed by atoms with van der Waals surface area (Å²) in [5.41, 5.74) is 1.47. The molecule has 2 rings (SSSR count). The third kappa shape index (κ3) is 3.20. The summed E-state index contributed by atoms with van der Waals surface area (Å²) in [6, 6.07) is 8.48. The molecule has 0 amide bonds. The molecule has 1 heterocycles. The first-order valence-corrected chi connectivity index (χ1v) is 6.55. The van der Waals surface area contributed by atoms with Crippen LogP contribution >= 0.6 is 11.3 Å².